The molecule has 3 N–H and O–H groups in total. The molecule has 0 radical (unpaired) electrons. The summed E-state index contributed by atoms with van der Waals surface area (Å²) in [6, 6.07) is -0.332. The van der Waals surface area contributed by atoms with Gasteiger partial charge in [-0.1, -0.05) is 20.3 Å². The quantitative estimate of drug-likeness (QED) is 0.724. The molecule has 0 aromatic rings. The predicted octanol–water partition coefficient (Wildman–Crippen LogP) is 2.37. The molecule has 2 amide bonds. The largest absolute Gasteiger partial charge is 0.480 e. The van der Waals surface area contributed by atoms with Crippen molar-refractivity contribution in [1.29, 1.82) is 0 Å². The van der Waals surface area contributed by atoms with Crippen molar-refractivity contribution < 1.29 is 14.7 Å². The summed E-state index contributed by atoms with van der Waals surface area (Å²) in [5.74, 6) is 0.947. The average molecular weight is 282 g/mol. The second-order valence-corrected chi connectivity index (χ2v) is 6.55. The molecule has 0 aromatic heterocycles. The normalized spacial score (nSPS) is 36.2. The van der Waals surface area contributed by atoms with Gasteiger partial charge in [-0.15, -0.1) is 0 Å². The number of carbonyl (C=O) groups excluding carboxylic acids is 1. The van der Waals surface area contributed by atoms with Crippen LogP contribution in [0.2, 0.25) is 0 Å². The standard InChI is InChI=1S/C15H26N2O3/c1-3-11-4-6-15(7-5-11,13(18)19)17-14(20)16-9-12-8-10(12)2/h10-12H,3-9H2,1-2H3,(H,18,19)(H2,16,17,20). The maximum absolute atomic E-state index is 11.9. The number of hydrogen-bond donors (Lipinski definition) is 3. The Bertz CT molecular complexity index is 375. The summed E-state index contributed by atoms with van der Waals surface area (Å²) in [5.41, 5.74) is -1.06. The Morgan fingerprint density at radius 1 is 1.30 bits per heavy atom. The molecule has 0 spiro atoms. The van der Waals surface area contributed by atoms with E-state index in [1.54, 1.807) is 0 Å². The zero-order valence-electron chi connectivity index (χ0n) is 12.4. The summed E-state index contributed by atoms with van der Waals surface area (Å²) in [4.78, 5) is 23.5. The molecule has 2 aliphatic carbocycles. The van der Waals surface area contributed by atoms with Crippen LogP contribution in [0.5, 0.6) is 0 Å². The van der Waals surface area contributed by atoms with Gasteiger partial charge in [0.1, 0.15) is 5.54 Å². The third-order valence-corrected chi connectivity index (χ3v) is 5.10. The highest BCUT2D eigenvalue weighted by atomic mass is 16.4. The van der Waals surface area contributed by atoms with E-state index in [-0.39, 0.29) is 6.03 Å². The SMILES string of the molecule is CCC1CCC(NC(=O)NCC2CC2C)(C(=O)O)CC1. The topological polar surface area (TPSA) is 78.4 Å². The van der Waals surface area contributed by atoms with Gasteiger partial charge >= 0.3 is 12.0 Å². The molecule has 20 heavy (non-hydrogen) atoms. The van der Waals surface area contributed by atoms with Crippen molar-refractivity contribution >= 4 is 12.0 Å². The molecule has 2 rings (SSSR count). The zero-order chi connectivity index (χ0) is 14.8. The maximum atomic E-state index is 11.9. The van der Waals surface area contributed by atoms with Gasteiger partial charge < -0.3 is 15.7 Å². The van der Waals surface area contributed by atoms with E-state index in [0.29, 0.717) is 37.1 Å². The van der Waals surface area contributed by atoms with E-state index in [0.717, 1.165) is 25.7 Å². The number of carboxylic acid groups (broad SMARTS) is 1. The van der Waals surface area contributed by atoms with Crippen molar-refractivity contribution in [2.45, 2.75) is 57.9 Å². The summed E-state index contributed by atoms with van der Waals surface area (Å²) in [6.07, 6.45) is 5.07. The molecule has 2 atom stereocenters. The van der Waals surface area contributed by atoms with Crippen LogP contribution in [0.3, 0.4) is 0 Å². The summed E-state index contributed by atoms with van der Waals surface area (Å²) < 4.78 is 0. The summed E-state index contributed by atoms with van der Waals surface area (Å²) in [7, 11) is 0. The fourth-order valence-electron chi connectivity index (χ4n) is 3.14. The fourth-order valence-corrected chi connectivity index (χ4v) is 3.14. The van der Waals surface area contributed by atoms with Crippen molar-refractivity contribution in [3.05, 3.63) is 0 Å². The van der Waals surface area contributed by atoms with Gasteiger partial charge in [-0.2, -0.15) is 0 Å². The van der Waals surface area contributed by atoms with Gasteiger partial charge in [0.25, 0.3) is 0 Å². The molecule has 0 aliphatic heterocycles. The number of hydrogen-bond acceptors (Lipinski definition) is 2. The number of carboxylic acids is 1. The third kappa shape index (κ3) is 3.44. The van der Waals surface area contributed by atoms with Crippen LogP contribution in [0.15, 0.2) is 0 Å². The number of urea groups is 1. The molecule has 0 heterocycles. The summed E-state index contributed by atoms with van der Waals surface area (Å²) >= 11 is 0. The van der Waals surface area contributed by atoms with Gasteiger partial charge in [0, 0.05) is 6.54 Å². The van der Waals surface area contributed by atoms with Gasteiger partial charge in [-0.3, -0.25) is 0 Å². The molecular formula is C15H26N2O3. The van der Waals surface area contributed by atoms with Crippen LogP contribution in [0, 0.1) is 17.8 Å². The Balaban J connectivity index is 1.85. The minimum atomic E-state index is -1.06. The highest BCUT2D eigenvalue weighted by Crippen LogP contribution is 2.37. The van der Waals surface area contributed by atoms with Crippen LogP contribution in [0.1, 0.15) is 52.4 Å². The second kappa shape index (κ2) is 6.02. The van der Waals surface area contributed by atoms with Crippen LogP contribution in [-0.4, -0.2) is 29.2 Å². The molecular weight excluding hydrogens is 256 g/mol. The van der Waals surface area contributed by atoms with E-state index >= 15 is 0 Å². The number of nitrogens with one attached hydrogen (secondary N) is 2. The zero-order valence-corrected chi connectivity index (χ0v) is 12.4. The highest BCUT2D eigenvalue weighted by molar-refractivity contribution is 5.86. The van der Waals surface area contributed by atoms with Gasteiger partial charge in [0.15, 0.2) is 0 Å². The highest BCUT2D eigenvalue weighted by Gasteiger charge is 2.43. The van der Waals surface area contributed by atoms with Gasteiger partial charge in [-0.25, -0.2) is 9.59 Å². The van der Waals surface area contributed by atoms with Crippen LogP contribution < -0.4 is 10.6 Å². The molecule has 2 fully saturated rings. The molecule has 0 bridgehead atoms. The molecule has 2 unspecified atom stereocenters. The summed E-state index contributed by atoms with van der Waals surface area (Å²) in [6.45, 7) is 4.95. The molecule has 5 heteroatoms. The smallest absolute Gasteiger partial charge is 0.329 e. The van der Waals surface area contributed by atoms with Crippen molar-refractivity contribution in [3.8, 4) is 0 Å². The first-order valence-electron chi connectivity index (χ1n) is 7.76. The molecule has 114 valence electrons. The number of aliphatic carboxylic acids is 1. The van der Waals surface area contributed by atoms with Crippen LogP contribution >= 0.6 is 0 Å². The van der Waals surface area contributed by atoms with E-state index in [4.69, 9.17) is 0 Å². The third-order valence-electron chi connectivity index (χ3n) is 5.10. The number of carbonyl (C=O) groups is 2. The van der Waals surface area contributed by atoms with Crippen molar-refractivity contribution in [2.24, 2.45) is 17.8 Å². The lowest BCUT2D eigenvalue weighted by Gasteiger charge is -2.37. The second-order valence-electron chi connectivity index (χ2n) is 6.55. The lowest BCUT2D eigenvalue weighted by atomic mass is 9.75. The minimum Gasteiger partial charge on any atom is -0.480 e. The van der Waals surface area contributed by atoms with Gasteiger partial charge in [-0.05, 0) is 49.9 Å². The minimum absolute atomic E-state index is 0.332. The lowest BCUT2D eigenvalue weighted by molar-refractivity contribution is -0.146. The molecule has 0 aromatic carbocycles. The Morgan fingerprint density at radius 2 is 1.90 bits per heavy atom. The Hall–Kier alpha value is -1.26. The van der Waals surface area contributed by atoms with Gasteiger partial charge in [0.2, 0.25) is 0 Å². The Kier molecular flexibility index (Phi) is 4.55. The first-order chi connectivity index (χ1) is 9.47. The van der Waals surface area contributed by atoms with Crippen molar-refractivity contribution in [2.75, 3.05) is 6.54 Å². The average Bonchev–Trinajstić information content (AvgIpc) is 3.13. The van der Waals surface area contributed by atoms with E-state index in [1.165, 1.54) is 0 Å². The maximum Gasteiger partial charge on any atom is 0.329 e. The van der Waals surface area contributed by atoms with Crippen LogP contribution in [-0.2, 0) is 4.79 Å². The predicted molar refractivity (Wildman–Crippen MR) is 76.4 cm³/mol. The van der Waals surface area contributed by atoms with Crippen LogP contribution in [0.25, 0.3) is 0 Å². The number of amides is 2. The first kappa shape index (κ1) is 15.1. The van der Waals surface area contributed by atoms with Crippen molar-refractivity contribution in [3.63, 3.8) is 0 Å². The molecule has 2 aliphatic rings. The molecule has 0 saturated heterocycles. The van der Waals surface area contributed by atoms with E-state index in [9.17, 15) is 14.7 Å². The van der Waals surface area contributed by atoms with E-state index in [1.807, 2.05) is 0 Å². The van der Waals surface area contributed by atoms with Crippen molar-refractivity contribution in [1.82, 2.24) is 10.6 Å². The van der Waals surface area contributed by atoms with Gasteiger partial charge in [0.05, 0.1) is 0 Å². The fraction of sp³-hybridized carbons (Fsp3) is 0.867. The van der Waals surface area contributed by atoms with Crippen LogP contribution in [0.4, 0.5) is 4.79 Å². The lowest BCUT2D eigenvalue weighted by Crippen LogP contribution is -2.58. The molecule has 2 saturated carbocycles. The van der Waals surface area contributed by atoms with E-state index in [2.05, 4.69) is 24.5 Å². The monoisotopic (exact) mass is 282 g/mol. The Labute approximate surface area is 120 Å². The number of rotatable bonds is 5. The van der Waals surface area contributed by atoms with E-state index < -0.39 is 11.5 Å². The first-order valence-corrected chi connectivity index (χ1v) is 7.76. The molecule has 5 nitrogen and oxygen atoms in total. The Morgan fingerprint density at radius 3 is 2.35 bits per heavy atom. The summed E-state index contributed by atoms with van der Waals surface area (Å²) in [5, 5.41) is 15.0.